The Bertz CT molecular complexity index is 532. The molecule has 7 heteroatoms. The van der Waals surface area contributed by atoms with E-state index in [1.165, 1.54) is 0 Å². The normalized spacial score (nSPS) is 10.6. The molecule has 2 rings (SSSR count). The number of benzene rings is 1. The molecule has 0 unspecified atom stereocenters. The Balaban J connectivity index is 1.97. The number of nitrogens with one attached hydrogen (secondary N) is 1. The quantitative estimate of drug-likeness (QED) is 0.783. The van der Waals surface area contributed by atoms with E-state index in [1.807, 2.05) is 18.2 Å². The SMILES string of the molecule is OCCn1cc(CNc2ccc(I)cc2Cl)nn1. The van der Waals surface area contributed by atoms with Crippen LogP contribution in [0.25, 0.3) is 0 Å². The maximum Gasteiger partial charge on any atom is 0.102 e. The van der Waals surface area contributed by atoms with Gasteiger partial charge in [-0.1, -0.05) is 16.8 Å². The van der Waals surface area contributed by atoms with E-state index in [1.54, 1.807) is 10.9 Å². The van der Waals surface area contributed by atoms with Gasteiger partial charge in [0, 0.05) is 3.57 Å². The van der Waals surface area contributed by atoms with Gasteiger partial charge in [-0.25, -0.2) is 4.68 Å². The first-order valence-electron chi connectivity index (χ1n) is 5.38. The fraction of sp³-hybridized carbons (Fsp3) is 0.273. The van der Waals surface area contributed by atoms with E-state index in [0.29, 0.717) is 18.1 Å². The van der Waals surface area contributed by atoms with Crippen molar-refractivity contribution in [1.29, 1.82) is 0 Å². The summed E-state index contributed by atoms with van der Waals surface area (Å²) in [6.45, 7) is 1.06. The number of aromatic nitrogens is 3. The third kappa shape index (κ3) is 3.56. The average molecular weight is 379 g/mol. The summed E-state index contributed by atoms with van der Waals surface area (Å²) in [5, 5.41) is 20.5. The van der Waals surface area contributed by atoms with E-state index in [4.69, 9.17) is 16.7 Å². The molecule has 1 aromatic heterocycles. The lowest BCUT2D eigenvalue weighted by atomic mass is 10.3. The van der Waals surface area contributed by atoms with Crippen LogP contribution in [0.15, 0.2) is 24.4 Å². The van der Waals surface area contributed by atoms with Gasteiger partial charge in [-0.05, 0) is 40.8 Å². The van der Waals surface area contributed by atoms with Crippen LogP contribution in [0.5, 0.6) is 0 Å². The fourth-order valence-corrected chi connectivity index (χ4v) is 2.37. The van der Waals surface area contributed by atoms with Crippen molar-refractivity contribution in [1.82, 2.24) is 15.0 Å². The summed E-state index contributed by atoms with van der Waals surface area (Å²) < 4.78 is 2.70. The summed E-state index contributed by atoms with van der Waals surface area (Å²) in [6, 6.07) is 5.81. The van der Waals surface area contributed by atoms with Crippen molar-refractivity contribution in [3.63, 3.8) is 0 Å². The van der Waals surface area contributed by atoms with Crippen LogP contribution in [-0.2, 0) is 13.1 Å². The predicted octanol–water partition coefficient (Wildman–Crippen LogP) is 2.14. The van der Waals surface area contributed by atoms with Gasteiger partial charge in [-0.15, -0.1) is 5.10 Å². The molecule has 0 amide bonds. The molecule has 0 spiro atoms. The molecule has 2 aromatic rings. The van der Waals surface area contributed by atoms with Crippen molar-refractivity contribution in [3.8, 4) is 0 Å². The lowest BCUT2D eigenvalue weighted by Crippen LogP contribution is -2.02. The molecule has 5 nitrogen and oxygen atoms in total. The third-order valence-electron chi connectivity index (χ3n) is 2.31. The van der Waals surface area contributed by atoms with Gasteiger partial charge >= 0.3 is 0 Å². The highest BCUT2D eigenvalue weighted by Gasteiger charge is 2.03. The highest BCUT2D eigenvalue weighted by Crippen LogP contribution is 2.24. The molecule has 2 N–H and O–H groups in total. The zero-order chi connectivity index (χ0) is 13.0. The van der Waals surface area contributed by atoms with E-state index in [9.17, 15) is 0 Å². The number of halogens is 2. The van der Waals surface area contributed by atoms with Crippen LogP contribution in [0.1, 0.15) is 5.69 Å². The number of anilines is 1. The summed E-state index contributed by atoms with van der Waals surface area (Å²) in [6.07, 6.45) is 1.80. The monoisotopic (exact) mass is 378 g/mol. The molecule has 0 atom stereocenters. The molecule has 0 saturated carbocycles. The van der Waals surface area contributed by atoms with Gasteiger partial charge in [-0.2, -0.15) is 0 Å². The first-order valence-corrected chi connectivity index (χ1v) is 6.83. The lowest BCUT2D eigenvalue weighted by Gasteiger charge is -2.06. The summed E-state index contributed by atoms with van der Waals surface area (Å²) in [7, 11) is 0. The second kappa shape index (κ2) is 6.35. The van der Waals surface area contributed by atoms with Crippen LogP contribution in [-0.4, -0.2) is 26.7 Å². The minimum atomic E-state index is 0.0547. The molecule has 18 heavy (non-hydrogen) atoms. The number of hydrogen-bond acceptors (Lipinski definition) is 4. The zero-order valence-electron chi connectivity index (χ0n) is 9.48. The van der Waals surface area contributed by atoms with Crippen LogP contribution in [0.4, 0.5) is 5.69 Å². The van der Waals surface area contributed by atoms with Gasteiger partial charge in [-0.3, -0.25) is 0 Å². The van der Waals surface area contributed by atoms with E-state index in [-0.39, 0.29) is 6.61 Å². The largest absolute Gasteiger partial charge is 0.394 e. The summed E-state index contributed by atoms with van der Waals surface area (Å²) >= 11 is 8.32. The zero-order valence-corrected chi connectivity index (χ0v) is 12.4. The molecule has 0 aliphatic carbocycles. The molecule has 1 aromatic carbocycles. The van der Waals surface area contributed by atoms with Crippen molar-refractivity contribution in [2.45, 2.75) is 13.1 Å². The minimum absolute atomic E-state index is 0.0547. The highest BCUT2D eigenvalue weighted by atomic mass is 127. The first-order chi connectivity index (χ1) is 8.69. The van der Waals surface area contributed by atoms with Crippen LogP contribution in [0.3, 0.4) is 0 Å². The van der Waals surface area contributed by atoms with Gasteiger partial charge in [0.25, 0.3) is 0 Å². The number of aliphatic hydroxyl groups is 1. The van der Waals surface area contributed by atoms with Crippen molar-refractivity contribution in [2.24, 2.45) is 0 Å². The van der Waals surface area contributed by atoms with E-state index >= 15 is 0 Å². The third-order valence-corrected chi connectivity index (χ3v) is 3.29. The van der Waals surface area contributed by atoms with Gasteiger partial charge in [0.1, 0.15) is 5.69 Å². The summed E-state index contributed by atoms with van der Waals surface area (Å²) in [5.74, 6) is 0. The highest BCUT2D eigenvalue weighted by molar-refractivity contribution is 14.1. The molecule has 0 radical (unpaired) electrons. The summed E-state index contributed by atoms with van der Waals surface area (Å²) in [5.41, 5.74) is 1.67. The van der Waals surface area contributed by atoms with Crippen molar-refractivity contribution in [3.05, 3.63) is 38.7 Å². The Morgan fingerprint density at radius 3 is 3.00 bits per heavy atom. The number of aliphatic hydroxyl groups excluding tert-OH is 1. The van der Waals surface area contributed by atoms with Gasteiger partial charge in [0.15, 0.2) is 0 Å². The maximum absolute atomic E-state index is 8.78. The molecule has 0 saturated heterocycles. The van der Waals surface area contributed by atoms with Crippen molar-refractivity contribution in [2.75, 3.05) is 11.9 Å². The molecule has 0 aliphatic heterocycles. The van der Waals surface area contributed by atoms with E-state index in [0.717, 1.165) is 15.0 Å². The van der Waals surface area contributed by atoms with Gasteiger partial charge in [0.05, 0.1) is 36.6 Å². The minimum Gasteiger partial charge on any atom is -0.394 e. The Morgan fingerprint density at radius 2 is 2.28 bits per heavy atom. The van der Waals surface area contributed by atoms with E-state index in [2.05, 4.69) is 38.2 Å². The van der Waals surface area contributed by atoms with Crippen LogP contribution >= 0.6 is 34.2 Å². The molecule has 0 aliphatic rings. The van der Waals surface area contributed by atoms with Crippen LogP contribution in [0, 0.1) is 3.57 Å². The maximum atomic E-state index is 8.78. The predicted molar refractivity (Wildman–Crippen MR) is 78.6 cm³/mol. The molecular formula is C11H12ClIN4O. The standard InChI is InChI=1S/C11H12ClIN4O/c12-10-5-8(13)1-2-11(10)14-6-9-7-17(3-4-18)16-15-9/h1-2,5,7,14,18H,3-4,6H2. The molecular weight excluding hydrogens is 367 g/mol. The average Bonchev–Trinajstić information content (AvgIpc) is 2.76. The molecule has 1 heterocycles. The Kier molecular flexibility index (Phi) is 4.79. The molecule has 96 valence electrons. The lowest BCUT2D eigenvalue weighted by molar-refractivity contribution is 0.268. The summed E-state index contributed by atoms with van der Waals surface area (Å²) in [4.78, 5) is 0. The van der Waals surface area contributed by atoms with Crippen LogP contribution < -0.4 is 5.32 Å². The first kappa shape index (κ1) is 13.6. The molecule has 0 bridgehead atoms. The van der Waals surface area contributed by atoms with Crippen LogP contribution in [0.2, 0.25) is 5.02 Å². The smallest absolute Gasteiger partial charge is 0.102 e. The topological polar surface area (TPSA) is 63.0 Å². The van der Waals surface area contributed by atoms with E-state index < -0.39 is 0 Å². The fourth-order valence-electron chi connectivity index (χ4n) is 1.45. The number of hydrogen-bond donors (Lipinski definition) is 2. The van der Waals surface area contributed by atoms with Crippen molar-refractivity contribution < 1.29 is 5.11 Å². The second-order valence-electron chi connectivity index (χ2n) is 3.67. The Morgan fingerprint density at radius 1 is 1.44 bits per heavy atom. The number of nitrogens with zero attached hydrogens (tertiary/aromatic N) is 3. The second-order valence-corrected chi connectivity index (χ2v) is 5.33. The Labute approximate surface area is 123 Å². The van der Waals surface area contributed by atoms with Gasteiger partial charge < -0.3 is 10.4 Å². The molecule has 0 fully saturated rings. The van der Waals surface area contributed by atoms with Gasteiger partial charge in [0.2, 0.25) is 0 Å². The number of rotatable bonds is 5. The van der Waals surface area contributed by atoms with Crippen molar-refractivity contribution >= 4 is 39.9 Å². The Hall–Kier alpha value is -0.860.